The van der Waals surface area contributed by atoms with Gasteiger partial charge in [-0.3, -0.25) is 9.79 Å². The van der Waals surface area contributed by atoms with E-state index in [0.717, 1.165) is 16.3 Å². The maximum Gasteiger partial charge on any atom is 0.221 e. The Morgan fingerprint density at radius 2 is 2.06 bits per heavy atom. The van der Waals surface area contributed by atoms with Crippen molar-refractivity contribution in [2.45, 2.75) is 6.92 Å². The smallest absolute Gasteiger partial charge is 0.221 e. The van der Waals surface area contributed by atoms with Crippen LogP contribution in [0.5, 0.6) is 0 Å². The Morgan fingerprint density at radius 1 is 1.29 bits per heavy atom. The number of benzene rings is 1. The molecule has 0 fully saturated rings. The maximum atomic E-state index is 10.8. The Balaban J connectivity index is 2.05. The van der Waals surface area contributed by atoms with Gasteiger partial charge in [0.2, 0.25) is 5.91 Å². The van der Waals surface area contributed by atoms with Crippen molar-refractivity contribution in [3.05, 3.63) is 46.7 Å². The number of hydrogen-bond donors (Lipinski definition) is 1. The highest BCUT2D eigenvalue weighted by molar-refractivity contribution is 7.11. The Labute approximate surface area is 104 Å². The number of hydrogen-bond acceptors (Lipinski definition) is 3. The summed E-state index contributed by atoms with van der Waals surface area (Å²) < 4.78 is 0. The van der Waals surface area contributed by atoms with Crippen molar-refractivity contribution in [2.75, 3.05) is 5.32 Å². The molecule has 1 heterocycles. The molecule has 0 saturated heterocycles. The number of carbonyl (C=O) groups excluding carboxylic acids is 1. The van der Waals surface area contributed by atoms with Crippen LogP contribution in [-0.2, 0) is 4.79 Å². The molecule has 1 aromatic carbocycles. The molecule has 0 spiro atoms. The molecule has 1 aromatic heterocycles. The standard InChI is InChI=1S/C13H12N2OS/c1-10(16)15-12-6-4-11(5-7-12)14-9-13-3-2-8-17-13/h2-9H,1H3,(H,15,16). The van der Waals surface area contributed by atoms with Crippen molar-refractivity contribution in [2.24, 2.45) is 4.99 Å². The molecular weight excluding hydrogens is 232 g/mol. The molecule has 3 nitrogen and oxygen atoms in total. The molecule has 0 aliphatic rings. The minimum atomic E-state index is -0.0696. The lowest BCUT2D eigenvalue weighted by atomic mass is 10.3. The van der Waals surface area contributed by atoms with E-state index in [9.17, 15) is 4.79 Å². The Hall–Kier alpha value is -1.94. The first-order valence-electron chi connectivity index (χ1n) is 5.19. The summed E-state index contributed by atoms with van der Waals surface area (Å²) in [6.07, 6.45) is 1.83. The number of nitrogens with zero attached hydrogens (tertiary/aromatic N) is 1. The van der Waals surface area contributed by atoms with Gasteiger partial charge in [0.15, 0.2) is 0 Å². The molecule has 0 saturated carbocycles. The summed E-state index contributed by atoms with van der Waals surface area (Å²) in [5, 5.41) is 4.73. The lowest BCUT2D eigenvalue weighted by molar-refractivity contribution is -0.114. The zero-order valence-corrected chi connectivity index (χ0v) is 10.2. The number of nitrogens with one attached hydrogen (secondary N) is 1. The van der Waals surface area contributed by atoms with E-state index in [1.54, 1.807) is 11.3 Å². The van der Waals surface area contributed by atoms with Gasteiger partial charge in [0.1, 0.15) is 0 Å². The van der Waals surface area contributed by atoms with Gasteiger partial charge in [-0.05, 0) is 35.7 Å². The largest absolute Gasteiger partial charge is 0.326 e. The monoisotopic (exact) mass is 244 g/mol. The van der Waals surface area contributed by atoms with Crippen molar-refractivity contribution in [3.63, 3.8) is 0 Å². The summed E-state index contributed by atoms with van der Waals surface area (Å²) in [5.41, 5.74) is 1.65. The van der Waals surface area contributed by atoms with Crippen LogP contribution in [-0.4, -0.2) is 12.1 Å². The quantitative estimate of drug-likeness (QED) is 0.825. The van der Waals surface area contributed by atoms with Gasteiger partial charge < -0.3 is 5.32 Å². The number of amides is 1. The van der Waals surface area contributed by atoms with Gasteiger partial charge in [0, 0.05) is 23.7 Å². The molecule has 2 rings (SSSR count). The van der Waals surface area contributed by atoms with Crippen LogP contribution in [0.3, 0.4) is 0 Å². The van der Waals surface area contributed by atoms with Crippen LogP contribution in [0.25, 0.3) is 0 Å². The van der Waals surface area contributed by atoms with Crippen molar-refractivity contribution >= 4 is 34.8 Å². The van der Waals surface area contributed by atoms with Crippen LogP contribution in [0.15, 0.2) is 46.8 Å². The minimum absolute atomic E-state index is 0.0696. The number of thiophene rings is 1. The Morgan fingerprint density at radius 3 is 2.65 bits per heavy atom. The minimum Gasteiger partial charge on any atom is -0.326 e. The van der Waals surface area contributed by atoms with E-state index in [1.165, 1.54) is 6.92 Å². The van der Waals surface area contributed by atoms with Gasteiger partial charge in [-0.1, -0.05) is 6.07 Å². The second-order valence-electron chi connectivity index (χ2n) is 3.50. The number of anilines is 1. The zero-order chi connectivity index (χ0) is 12.1. The molecule has 0 bridgehead atoms. The molecule has 4 heteroatoms. The number of aliphatic imine (C=N–C) groups is 1. The normalized spacial score (nSPS) is 10.6. The molecule has 17 heavy (non-hydrogen) atoms. The van der Waals surface area contributed by atoms with E-state index in [4.69, 9.17) is 0 Å². The van der Waals surface area contributed by atoms with E-state index in [0.29, 0.717) is 0 Å². The fraction of sp³-hybridized carbons (Fsp3) is 0.0769. The Bertz CT molecular complexity index is 515. The predicted molar refractivity (Wildman–Crippen MR) is 72.3 cm³/mol. The third-order valence-electron chi connectivity index (χ3n) is 2.07. The van der Waals surface area contributed by atoms with Crippen LogP contribution in [0.1, 0.15) is 11.8 Å². The summed E-state index contributed by atoms with van der Waals surface area (Å²) in [4.78, 5) is 16.3. The predicted octanol–water partition coefficient (Wildman–Crippen LogP) is 3.46. The maximum absolute atomic E-state index is 10.8. The lowest BCUT2D eigenvalue weighted by Gasteiger charge is -2.01. The van der Waals surface area contributed by atoms with E-state index in [1.807, 2.05) is 48.0 Å². The summed E-state index contributed by atoms with van der Waals surface area (Å²) in [7, 11) is 0. The third-order valence-corrected chi connectivity index (χ3v) is 2.88. The summed E-state index contributed by atoms with van der Waals surface area (Å²) in [6.45, 7) is 1.49. The molecule has 0 unspecified atom stereocenters. The van der Waals surface area contributed by atoms with Crippen molar-refractivity contribution in [1.29, 1.82) is 0 Å². The SMILES string of the molecule is CC(=O)Nc1ccc(N=Cc2cccs2)cc1. The molecule has 2 aromatic rings. The van der Waals surface area contributed by atoms with Crippen molar-refractivity contribution < 1.29 is 4.79 Å². The number of carbonyl (C=O) groups is 1. The first kappa shape index (κ1) is 11.5. The zero-order valence-electron chi connectivity index (χ0n) is 9.38. The summed E-state index contributed by atoms with van der Waals surface area (Å²) >= 11 is 1.65. The second-order valence-corrected chi connectivity index (χ2v) is 4.48. The molecule has 0 radical (unpaired) electrons. The van der Waals surface area contributed by atoms with Gasteiger partial charge in [-0.2, -0.15) is 0 Å². The lowest BCUT2D eigenvalue weighted by Crippen LogP contribution is -2.04. The topological polar surface area (TPSA) is 41.5 Å². The third kappa shape index (κ3) is 3.53. The molecule has 0 atom stereocenters. The number of rotatable bonds is 3. The van der Waals surface area contributed by atoms with Crippen LogP contribution in [0.2, 0.25) is 0 Å². The highest BCUT2D eigenvalue weighted by Crippen LogP contribution is 2.16. The van der Waals surface area contributed by atoms with Gasteiger partial charge >= 0.3 is 0 Å². The average Bonchev–Trinajstić information content (AvgIpc) is 2.80. The fourth-order valence-corrected chi connectivity index (χ4v) is 1.92. The molecule has 0 aliphatic carbocycles. The summed E-state index contributed by atoms with van der Waals surface area (Å²) in [5.74, 6) is -0.0696. The summed E-state index contributed by atoms with van der Waals surface area (Å²) in [6, 6.07) is 11.4. The van der Waals surface area contributed by atoms with Gasteiger partial charge in [-0.15, -0.1) is 11.3 Å². The van der Waals surface area contributed by atoms with E-state index < -0.39 is 0 Å². The molecule has 1 amide bonds. The molecule has 1 N–H and O–H groups in total. The first-order chi connectivity index (χ1) is 8.24. The van der Waals surface area contributed by atoms with Crippen molar-refractivity contribution in [3.8, 4) is 0 Å². The van der Waals surface area contributed by atoms with Gasteiger partial charge in [0.05, 0.1) is 5.69 Å². The Kier molecular flexibility index (Phi) is 3.67. The van der Waals surface area contributed by atoms with E-state index in [2.05, 4.69) is 10.3 Å². The molecule has 0 aliphatic heterocycles. The fourth-order valence-electron chi connectivity index (χ4n) is 1.34. The highest BCUT2D eigenvalue weighted by atomic mass is 32.1. The van der Waals surface area contributed by atoms with E-state index in [-0.39, 0.29) is 5.91 Å². The second kappa shape index (κ2) is 5.41. The average molecular weight is 244 g/mol. The van der Waals surface area contributed by atoms with Crippen LogP contribution in [0.4, 0.5) is 11.4 Å². The van der Waals surface area contributed by atoms with E-state index >= 15 is 0 Å². The van der Waals surface area contributed by atoms with Gasteiger partial charge in [-0.25, -0.2) is 0 Å². The van der Waals surface area contributed by atoms with Crippen LogP contribution >= 0.6 is 11.3 Å². The van der Waals surface area contributed by atoms with Gasteiger partial charge in [0.25, 0.3) is 0 Å². The van der Waals surface area contributed by atoms with Crippen LogP contribution < -0.4 is 5.32 Å². The van der Waals surface area contributed by atoms with Crippen molar-refractivity contribution in [1.82, 2.24) is 0 Å². The molecular formula is C13H12N2OS. The van der Waals surface area contributed by atoms with Crippen LogP contribution in [0, 0.1) is 0 Å². The highest BCUT2D eigenvalue weighted by Gasteiger charge is 1.95. The first-order valence-corrected chi connectivity index (χ1v) is 6.07. The molecule has 86 valence electrons.